The summed E-state index contributed by atoms with van der Waals surface area (Å²) in [5.74, 6) is -0.878. The van der Waals surface area contributed by atoms with Crippen LogP contribution in [-0.4, -0.2) is 21.2 Å². The van der Waals surface area contributed by atoms with E-state index in [9.17, 15) is 9.59 Å². The van der Waals surface area contributed by atoms with Crippen molar-refractivity contribution in [3.63, 3.8) is 0 Å². The zero-order chi connectivity index (χ0) is 12.8. The van der Waals surface area contributed by atoms with E-state index in [1.807, 2.05) is 31.2 Å². The zero-order valence-electron chi connectivity index (χ0n) is 10.1. The summed E-state index contributed by atoms with van der Waals surface area (Å²) < 4.78 is 10.2. The first kappa shape index (κ1) is 13.4. The molecule has 0 amide bonds. The van der Waals surface area contributed by atoms with Crippen LogP contribution in [0.5, 0.6) is 0 Å². The SMILES string of the molecule is CCc1ccccc1[Si](OC(C)=O)OC(C)=O. The highest BCUT2D eigenvalue weighted by Gasteiger charge is 2.28. The number of aryl methyl sites for hydroxylation is 1. The first-order valence-corrected chi connectivity index (χ1v) is 6.68. The summed E-state index contributed by atoms with van der Waals surface area (Å²) in [5.41, 5.74) is 1.03. The Hall–Kier alpha value is -1.62. The molecule has 0 aliphatic carbocycles. The van der Waals surface area contributed by atoms with Crippen LogP contribution in [0.1, 0.15) is 26.3 Å². The lowest BCUT2D eigenvalue weighted by molar-refractivity contribution is -0.137. The van der Waals surface area contributed by atoms with Gasteiger partial charge in [-0.2, -0.15) is 0 Å². The second kappa shape index (κ2) is 6.20. The van der Waals surface area contributed by atoms with E-state index in [0.29, 0.717) is 0 Å². The first-order valence-electron chi connectivity index (χ1n) is 5.36. The number of rotatable bonds is 4. The average molecular weight is 251 g/mol. The lowest BCUT2D eigenvalue weighted by Crippen LogP contribution is -2.41. The number of hydrogen-bond donors (Lipinski definition) is 0. The van der Waals surface area contributed by atoms with Crippen LogP contribution in [0.15, 0.2) is 24.3 Å². The number of carbonyl (C=O) groups excluding carboxylic acids is 2. The molecule has 0 fully saturated rings. The predicted molar refractivity (Wildman–Crippen MR) is 64.7 cm³/mol. The normalized spacial score (nSPS) is 10.1. The number of hydrogen-bond acceptors (Lipinski definition) is 4. The minimum Gasteiger partial charge on any atom is -0.480 e. The van der Waals surface area contributed by atoms with E-state index >= 15 is 0 Å². The van der Waals surface area contributed by atoms with Gasteiger partial charge in [-0.15, -0.1) is 0 Å². The van der Waals surface area contributed by atoms with E-state index in [2.05, 4.69) is 0 Å². The molecule has 5 heteroatoms. The van der Waals surface area contributed by atoms with Crippen LogP contribution in [0.2, 0.25) is 0 Å². The van der Waals surface area contributed by atoms with Gasteiger partial charge in [0.15, 0.2) is 0 Å². The van der Waals surface area contributed by atoms with Gasteiger partial charge in [-0.05, 0) is 12.0 Å². The lowest BCUT2D eigenvalue weighted by atomic mass is 10.2. The van der Waals surface area contributed by atoms with E-state index in [4.69, 9.17) is 8.85 Å². The van der Waals surface area contributed by atoms with Crippen molar-refractivity contribution in [3.05, 3.63) is 29.8 Å². The molecule has 91 valence electrons. The Labute approximate surface area is 102 Å². The van der Waals surface area contributed by atoms with E-state index in [-0.39, 0.29) is 0 Å². The fraction of sp³-hybridized carbons (Fsp3) is 0.333. The third kappa shape index (κ3) is 4.03. The second-order valence-corrected chi connectivity index (χ2v) is 5.01. The molecular weight excluding hydrogens is 236 g/mol. The Morgan fingerprint density at radius 3 is 2.12 bits per heavy atom. The zero-order valence-corrected chi connectivity index (χ0v) is 11.1. The third-order valence-electron chi connectivity index (χ3n) is 2.09. The van der Waals surface area contributed by atoms with Crippen molar-refractivity contribution in [2.45, 2.75) is 27.2 Å². The van der Waals surface area contributed by atoms with Crippen molar-refractivity contribution in [2.75, 3.05) is 0 Å². The Bertz CT molecular complexity index is 401. The molecule has 1 radical (unpaired) electrons. The molecule has 0 N–H and O–H groups in total. The molecule has 0 spiro atoms. The number of benzene rings is 1. The second-order valence-electron chi connectivity index (χ2n) is 3.49. The van der Waals surface area contributed by atoms with Gasteiger partial charge in [0.2, 0.25) is 0 Å². The van der Waals surface area contributed by atoms with E-state index in [1.54, 1.807) is 0 Å². The van der Waals surface area contributed by atoms with Gasteiger partial charge in [0.1, 0.15) is 0 Å². The van der Waals surface area contributed by atoms with E-state index < -0.39 is 21.2 Å². The van der Waals surface area contributed by atoms with Gasteiger partial charge in [-0.25, -0.2) is 0 Å². The van der Waals surface area contributed by atoms with Crippen molar-refractivity contribution >= 4 is 26.4 Å². The molecule has 1 rings (SSSR count). The highest BCUT2D eigenvalue weighted by molar-refractivity contribution is 6.64. The van der Waals surface area contributed by atoms with Crippen LogP contribution >= 0.6 is 0 Å². The summed E-state index contributed by atoms with van der Waals surface area (Å²) in [6, 6.07) is 7.52. The largest absolute Gasteiger partial charge is 0.576 e. The van der Waals surface area contributed by atoms with Crippen molar-refractivity contribution in [1.82, 2.24) is 0 Å². The minimum absolute atomic E-state index is 0.439. The third-order valence-corrected chi connectivity index (χ3v) is 3.96. The number of carbonyl (C=O) groups is 2. The van der Waals surface area contributed by atoms with Gasteiger partial charge >= 0.3 is 9.28 Å². The molecular formula is C12H15O4Si. The molecule has 0 aliphatic rings. The van der Waals surface area contributed by atoms with Crippen LogP contribution in [0.3, 0.4) is 0 Å². The maximum Gasteiger partial charge on any atom is 0.576 e. The fourth-order valence-electron chi connectivity index (χ4n) is 1.42. The van der Waals surface area contributed by atoms with Gasteiger partial charge in [-0.3, -0.25) is 9.59 Å². The molecule has 1 aromatic rings. The van der Waals surface area contributed by atoms with Crippen molar-refractivity contribution in [1.29, 1.82) is 0 Å². The molecule has 0 heterocycles. The Kier molecular flexibility index (Phi) is 4.90. The predicted octanol–water partition coefficient (Wildman–Crippen LogP) is 1.07. The van der Waals surface area contributed by atoms with Crippen LogP contribution < -0.4 is 5.19 Å². The standard InChI is InChI=1S/C12H15O4Si/c1-4-11-7-5-6-8-12(11)17(15-9(2)13)16-10(3)14/h5-8H,4H2,1-3H3. The smallest absolute Gasteiger partial charge is 0.480 e. The molecule has 0 saturated carbocycles. The van der Waals surface area contributed by atoms with E-state index in [0.717, 1.165) is 17.2 Å². The molecule has 17 heavy (non-hydrogen) atoms. The summed E-state index contributed by atoms with van der Waals surface area (Å²) in [5, 5.41) is 0.811. The van der Waals surface area contributed by atoms with Crippen molar-refractivity contribution in [2.24, 2.45) is 0 Å². The maximum atomic E-state index is 11.0. The lowest BCUT2D eigenvalue weighted by Gasteiger charge is -2.15. The molecule has 0 aliphatic heterocycles. The highest BCUT2D eigenvalue weighted by Crippen LogP contribution is 2.02. The van der Waals surface area contributed by atoms with Crippen molar-refractivity contribution < 1.29 is 18.4 Å². The van der Waals surface area contributed by atoms with Gasteiger partial charge in [0.25, 0.3) is 11.9 Å². The first-order chi connectivity index (χ1) is 8.04. The molecule has 0 unspecified atom stereocenters. The summed E-state index contributed by atoms with van der Waals surface area (Å²) >= 11 is 0. The van der Waals surface area contributed by atoms with Gasteiger partial charge < -0.3 is 8.85 Å². The molecule has 0 saturated heterocycles. The van der Waals surface area contributed by atoms with E-state index in [1.165, 1.54) is 13.8 Å². The highest BCUT2D eigenvalue weighted by atomic mass is 28.3. The van der Waals surface area contributed by atoms with Crippen LogP contribution in [0.25, 0.3) is 0 Å². The molecule has 0 atom stereocenters. The summed E-state index contributed by atoms with van der Waals surface area (Å²) in [7, 11) is -2.06. The Morgan fingerprint density at radius 1 is 1.12 bits per heavy atom. The Morgan fingerprint density at radius 2 is 1.65 bits per heavy atom. The quantitative estimate of drug-likeness (QED) is 0.751. The van der Waals surface area contributed by atoms with Gasteiger partial charge in [0, 0.05) is 19.0 Å². The van der Waals surface area contributed by atoms with Crippen LogP contribution in [-0.2, 0) is 24.9 Å². The molecule has 1 aromatic carbocycles. The minimum atomic E-state index is -2.06. The van der Waals surface area contributed by atoms with Gasteiger partial charge in [0.05, 0.1) is 0 Å². The monoisotopic (exact) mass is 251 g/mol. The van der Waals surface area contributed by atoms with Crippen molar-refractivity contribution in [3.8, 4) is 0 Å². The molecule has 0 bridgehead atoms. The maximum absolute atomic E-state index is 11.0. The van der Waals surface area contributed by atoms with Crippen LogP contribution in [0, 0.1) is 0 Å². The average Bonchev–Trinajstić information content (AvgIpc) is 2.27. The fourth-order valence-corrected chi connectivity index (χ4v) is 2.96. The van der Waals surface area contributed by atoms with Gasteiger partial charge in [-0.1, -0.05) is 31.2 Å². The summed E-state index contributed by atoms with van der Waals surface area (Å²) in [4.78, 5) is 22.0. The van der Waals surface area contributed by atoms with Crippen LogP contribution in [0.4, 0.5) is 0 Å². The summed E-state index contributed by atoms with van der Waals surface area (Å²) in [6.45, 7) is 4.62. The topological polar surface area (TPSA) is 52.6 Å². The molecule has 4 nitrogen and oxygen atoms in total. The Balaban J connectivity index is 3.02. The molecule has 0 aromatic heterocycles. The summed E-state index contributed by atoms with van der Waals surface area (Å²) in [6.07, 6.45) is 0.798.